The minimum Gasteiger partial charge on any atom is -0.461 e. The Labute approximate surface area is 110 Å². The molecule has 0 amide bonds. The van der Waals surface area contributed by atoms with Gasteiger partial charge in [-0.1, -0.05) is 23.2 Å². The summed E-state index contributed by atoms with van der Waals surface area (Å²) in [7, 11) is 0. The van der Waals surface area contributed by atoms with Crippen molar-refractivity contribution in [3.63, 3.8) is 0 Å². The van der Waals surface area contributed by atoms with E-state index in [0.29, 0.717) is 16.5 Å². The number of rotatable bonds is 3. The van der Waals surface area contributed by atoms with E-state index in [0.717, 1.165) is 17.1 Å². The maximum atomic E-state index is 6.11. The number of benzene rings is 1. The first kappa shape index (κ1) is 12.5. The van der Waals surface area contributed by atoms with Gasteiger partial charge in [0, 0.05) is 23.0 Å². The maximum Gasteiger partial charge on any atom is 0.135 e. The summed E-state index contributed by atoms with van der Waals surface area (Å²) < 4.78 is 5.69. The summed E-state index contributed by atoms with van der Waals surface area (Å²) in [6.45, 7) is 1.94. The quantitative estimate of drug-likeness (QED) is 0.910. The molecule has 4 heteroatoms. The first-order valence-corrected chi connectivity index (χ1v) is 6.11. The van der Waals surface area contributed by atoms with Crippen LogP contribution in [0.1, 0.15) is 12.7 Å². The first-order valence-electron chi connectivity index (χ1n) is 5.36. The molecule has 0 bridgehead atoms. The fourth-order valence-corrected chi connectivity index (χ4v) is 2.14. The summed E-state index contributed by atoms with van der Waals surface area (Å²) in [5.41, 5.74) is 6.56. The Morgan fingerprint density at radius 3 is 2.65 bits per heavy atom. The second-order valence-corrected chi connectivity index (χ2v) is 4.92. The molecule has 0 radical (unpaired) electrons. The lowest BCUT2D eigenvalue weighted by Crippen LogP contribution is -2.17. The Balaban J connectivity index is 2.30. The zero-order valence-electron chi connectivity index (χ0n) is 9.41. The average molecular weight is 270 g/mol. The molecule has 0 saturated heterocycles. The molecule has 17 heavy (non-hydrogen) atoms. The SMILES string of the molecule is CC(N)Cc1ccc(-c2ccc(Cl)cc2Cl)o1. The Kier molecular flexibility index (Phi) is 3.77. The number of furan rings is 1. The number of halogens is 2. The van der Waals surface area contributed by atoms with Gasteiger partial charge in [0.05, 0.1) is 5.02 Å². The molecule has 1 atom stereocenters. The normalized spacial score (nSPS) is 12.7. The molecule has 0 spiro atoms. The molecule has 2 N–H and O–H groups in total. The molecule has 1 aromatic carbocycles. The van der Waals surface area contributed by atoms with Crippen LogP contribution in [-0.4, -0.2) is 6.04 Å². The lowest BCUT2D eigenvalue weighted by atomic mass is 10.2. The van der Waals surface area contributed by atoms with Gasteiger partial charge in [0.2, 0.25) is 0 Å². The van der Waals surface area contributed by atoms with E-state index in [2.05, 4.69) is 0 Å². The van der Waals surface area contributed by atoms with E-state index in [4.69, 9.17) is 33.4 Å². The van der Waals surface area contributed by atoms with Crippen LogP contribution in [0.4, 0.5) is 0 Å². The smallest absolute Gasteiger partial charge is 0.135 e. The van der Waals surface area contributed by atoms with Crippen molar-refractivity contribution in [1.29, 1.82) is 0 Å². The van der Waals surface area contributed by atoms with Gasteiger partial charge in [-0.15, -0.1) is 0 Å². The Morgan fingerprint density at radius 2 is 2.00 bits per heavy atom. The minimum absolute atomic E-state index is 0.0784. The summed E-state index contributed by atoms with van der Waals surface area (Å²) in [5, 5.41) is 1.19. The fraction of sp³-hybridized carbons (Fsp3) is 0.231. The third-order valence-electron chi connectivity index (χ3n) is 2.38. The predicted octanol–water partition coefficient (Wildman–Crippen LogP) is 4.14. The van der Waals surface area contributed by atoms with Gasteiger partial charge in [0.25, 0.3) is 0 Å². The molecule has 2 rings (SSSR count). The highest BCUT2D eigenvalue weighted by molar-refractivity contribution is 6.36. The molecule has 1 unspecified atom stereocenters. The number of nitrogens with two attached hydrogens (primary N) is 1. The molecule has 1 heterocycles. The molecule has 2 nitrogen and oxygen atoms in total. The van der Waals surface area contributed by atoms with E-state index in [1.54, 1.807) is 12.1 Å². The van der Waals surface area contributed by atoms with Gasteiger partial charge >= 0.3 is 0 Å². The number of hydrogen-bond donors (Lipinski definition) is 1. The molecule has 0 aliphatic heterocycles. The maximum absolute atomic E-state index is 6.11. The topological polar surface area (TPSA) is 39.2 Å². The second-order valence-electron chi connectivity index (χ2n) is 4.07. The van der Waals surface area contributed by atoms with Gasteiger partial charge in [-0.2, -0.15) is 0 Å². The van der Waals surface area contributed by atoms with Crippen LogP contribution < -0.4 is 5.73 Å². The van der Waals surface area contributed by atoms with Crippen molar-refractivity contribution in [2.24, 2.45) is 5.73 Å². The minimum atomic E-state index is 0.0784. The summed E-state index contributed by atoms with van der Waals surface area (Å²) in [6.07, 6.45) is 0.714. The third-order valence-corrected chi connectivity index (χ3v) is 2.93. The van der Waals surface area contributed by atoms with E-state index < -0.39 is 0 Å². The van der Waals surface area contributed by atoms with Crippen LogP contribution in [0.15, 0.2) is 34.7 Å². The largest absolute Gasteiger partial charge is 0.461 e. The van der Waals surface area contributed by atoms with E-state index >= 15 is 0 Å². The molecule has 0 aliphatic rings. The molecule has 0 saturated carbocycles. The molecular weight excluding hydrogens is 257 g/mol. The highest BCUT2D eigenvalue weighted by atomic mass is 35.5. The zero-order chi connectivity index (χ0) is 12.4. The number of hydrogen-bond acceptors (Lipinski definition) is 2. The Hall–Kier alpha value is -0.960. The summed E-state index contributed by atoms with van der Waals surface area (Å²) in [4.78, 5) is 0. The summed E-state index contributed by atoms with van der Waals surface area (Å²) in [6, 6.07) is 9.23. The Morgan fingerprint density at radius 1 is 1.24 bits per heavy atom. The van der Waals surface area contributed by atoms with Crippen molar-refractivity contribution in [2.75, 3.05) is 0 Å². The van der Waals surface area contributed by atoms with Crippen molar-refractivity contribution in [3.8, 4) is 11.3 Å². The van der Waals surface area contributed by atoms with Crippen LogP contribution in [0, 0.1) is 0 Å². The summed E-state index contributed by atoms with van der Waals surface area (Å²) in [5.74, 6) is 1.60. The standard InChI is InChI=1S/C13H13Cl2NO/c1-8(16)6-10-3-5-13(17-10)11-4-2-9(14)7-12(11)15/h2-5,7-8H,6,16H2,1H3. The molecule has 0 fully saturated rings. The van der Waals surface area contributed by atoms with E-state index in [1.807, 2.05) is 25.1 Å². The van der Waals surface area contributed by atoms with Crippen LogP contribution in [-0.2, 0) is 6.42 Å². The van der Waals surface area contributed by atoms with Crippen molar-refractivity contribution in [1.82, 2.24) is 0 Å². The van der Waals surface area contributed by atoms with Crippen LogP contribution in [0.5, 0.6) is 0 Å². The molecule has 0 aliphatic carbocycles. The van der Waals surface area contributed by atoms with Crippen LogP contribution in [0.3, 0.4) is 0 Å². The second kappa shape index (κ2) is 5.13. The van der Waals surface area contributed by atoms with E-state index in [9.17, 15) is 0 Å². The lowest BCUT2D eigenvalue weighted by molar-refractivity contribution is 0.503. The zero-order valence-corrected chi connectivity index (χ0v) is 10.9. The predicted molar refractivity (Wildman–Crippen MR) is 71.5 cm³/mol. The van der Waals surface area contributed by atoms with Gasteiger partial charge < -0.3 is 10.2 Å². The van der Waals surface area contributed by atoms with Crippen LogP contribution in [0.2, 0.25) is 10.0 Å². The fourth-order valence-electron chi connectivity index (χ4n) is 1.64. The molecule has 2 aromatic rings. The Bertz CT molecular complexity index is 520. The molecule has 1 aromatic heterocycles. The lowest BCUT2D eigenvalue weighted by Gasteiger charge is -2.03. The van der Waals surface area contributed by atoms with Crippen LogP contribution >= 0.6 is 23.2 Å². The van der Waals surface area contributed by atoms with Crippen molar-refractivity contribution >= 4 is 23.2 Å². The van der Waals surface area contributed by atoms with Gasteiger partial charge in [-0.25, -0.2) is 0 Å². The third kappa shape index (κ3) is 3.03. The monoisotopic (exact) mass is 269 g/mol. The summed E-state index contributed by atoms with van der Waals surface area (Å²) >= 11 is 12.0. The molecular formula is C13H13Cl2NO. The highest BCUT2D eigenvalue weighted by Crippen LogP contribution is 2.31. The van der Waals surface area contributed by atoms with E-state index in [1.165, 1.54) is 0 Å². The highest BCUT2D eigenvalue weighted by Gasteiger charge is 2.09. The van der Waals surface area contributed by atoms with E-state index in [-0.39, 0.29) is 6.04 Å². The van der Waals surface area contributed by atoms with Gasteiger partial charge in [0.1, 0.15) is 11.5 Å². The van der Waals surface area contributed by atoms with Gasteiger partial charge in [0.15, 0.2) is 0 Å². The van der Waals surface area contributed by atoms with Gasteiger partial charge in [-0.3, -0.25) is 0 Å². The first-order chi connectivity index (χ1) is 8.06. The van der Waals surface area contributed by atoms with Gasteiger partial charge in [-0.05, 0) is 37.3 Å². The van der Waals surface area contributed by atoms with Crippen molar-refractivity contribution < 1.29 is 4.42 Å². The van der Waals surface area contributed by atoms with Crippen molar-refractivity contribution in [2.45, 2.75) is 19.4 Å². The average Bonchev–Trinajstić information content (AvgIpc) is 2.65. The molecule has 90 valence electrons. The van der Waals surface area contributed by atoms with Crippen LogP contribution in [0.25, 0.3) is 11.3 Å². The van der Waals surface area contributed by atoms with Crippen molar-refractivity contribution in [3.05, 3.63) is 46.1 Å².